The topological polar surface area (TPSA) is 50.2 Å². The SMILES string of the molecule is CCN1C[C@H](C(=O)NCC(C)(C)Cc2ccncc2)C[C@@H]2c3cccc4c3c(cn4CC)C[C@H]21. The molecule has 5 heteroatoms. The van der Waals surface area contributed by atoms with Gasteiger partial charge in [0.25, 0.3) is 0 Å². The number of nitrogens with zero attached hydrogens (tertiary/aromatic N) is 3. The molecule has 1 saturated heterocycles. The van der Waals surface area contributed by atoms with Gasteiger partial charge in [0.1, 0.15) is 0 Å². The maximum atomic E-state index is 13.4. The summed E-state index contributed by atoms with van der Waals surface area (Å²) in [7, 11) is 0. The van der Waals surface area contributed by atoms with E-state index in [0.29, 0.717) is 18.5 Å². The average Bonchev–Trinajstić information content (AvgIpc) is 3.21. The van der Waals surface area contributed by atoms with Crippen LogP contribution in [0.3, 0.4) is 0 Å². The minimum atomic E-state index is -0.00689. The third kappa shape index (κ3) is 4.26. The lowest BCUT2D eigenvalue weighted by Crippen LogP contribution is -2.53. The third-order valence-corrected chi connectivity index (χ3v) is 8.06. The van der Waals surface area contributed by atoms with Crippen LogP contribution in [0.25, 0.3) is 10.9 Å². The monoisotopic (exact) mass is 458 g/mol. The van der Waals surface area contributed by atoms with E-state index < -0.39 is 0 Å². The third-order valence-electron chi connectivity index (χ3n) is 8.06. The summed E-state index contributed by atoms with van der Waals surface area (Å²) in [5.74, 6) is 0.657. The number of fused-ring (bicyclic) bond motifs is 2. The zero-order valence-electron chi connectivity index (χ0n) is 21.1. The minimum Gasteiger partial charge on any atom is -0.355 e. The highest BCUT2D eigenvalue weighted by Crippen LogP contribution is 2.45. The quantitative estimate of drug-likeness (QED) is 0.554. The van der Waals surface area contributed by atoms with Gasteiger partial charge in [-0.25, -0.2) is 0 Å². The summed E-state index contributed by atoms with van der Waals surface area (Å²) < 4.78 is 2.39. The molecule has 5 rings (SSSR count). The Balaban J connectivity index is 1.33. The lowest BCUT2D eigenvalue weighted by Gasteiger charge is -2.46. The van der Waals surface area contributed by atoms with Gasteiger partial charge in [-0.05, 0) is 73.0 Å². The molecule has 1 aromatic carbocycles. The van der Waals surface area contributed by atoms with Crippen LogP contribution in [0.1, 0.15) is 56.7 Å². The van der Waals surface area contributed by atoms with Crippen molar-refractivity contribution in [1.29, 1.82) is 0 Å². The van der Waals surface area contributed by atoms with Crippen LogP contribution < -0.4 is 5.32 Å². The molecule has 34 heavy (non-hydrogen) atoms. The van der Waals surface area contributed by atoms with E-state index in [1.807, 2.05) is 12.4 Å². The van der Waals surface area contributed by atoms with Gasteiger partial charge in [0.15, 0.2) is 0 Å². The normalized spacial score (nSPS) is 22.5. The number of benzene rings is 1. The van der Waals surface area contributed by atoms with E-state index in [1.165, 1.54) is 27.6 Å². The predicted octanol–water partition coefficient (Wildman–Crippen LogP) is 4.79. The standard InChI is InChI=1S/C29H38N4O/c1-5-32-17-21-15-26-24(23-8-7-9-25(32)27(21)23)14-22(18-33(26)6-2)28(34)31-19-29(3,4)16-20-10-12-30-13-11-20/h7-13,17,22,24,26H,5-6,14-16,18-19H2,1-4H3,(H,31,34)/t22-,24-,26-/m1/s1. The van der Waals surface area contributed by atoms with E-state index >= 15 is 0 Å². The molecule has 2 aliphatic rings. The van der Waals surface area contributed by atoms with Crippen molar-refractivity contribution >= 4 is 16.8 Å². The minimum absolute atomic E-state index is 0.00689. The van der Waals surface area contributed by atoms with Crippen molar-refractivity contribution in [3.63, 3.8) is 0 Å². The Hall–Kier alpha value is -2.66. The maximum Gasteiger partial charge on any atom is 0.224 e. The number of likely N-dealkylation sites (tertiary alicyclic amines) is 1. The van der Waals surface area contributed by atoms with Crippen molar-refractivity contribution in [2.45, 2.75) is 65.5 Å². The highest BCUT2D eigenvalue weighted by Gasteiger charge is 2.42. The molecular formula is C29H38N4O. The van der Waals surface area contributed by atoms with E-state index in [9.17, 15) is 4.79 Å². The van der Waals surface area contributed by atoms with Crippen molar-refractivity contribution < 1.29 is 4.79 Å². The molecule has 0 radical (unpaired) electrons. The number of likely N-dealkylation sites (N-methyl/N-ethyl adjacent to an activating group) is 1. The number of carbonyl (C=O) groups is 1. The molecule has 3 atom stereocenters. The first-order valence-electron chi connectivity index (χ1n) is 12.9. The van der Waals surface area contributed by atoms with Gasteiger partial charge in [0.05, 0.1) is 5.92 Å². The first-order valence-corrected chi connectivity index (χ1v) is 12.9. The molecule has 1 aliphatic heterocycles. The highest BCUT2D eigenvalue weighted by atomic mass is 16.1. The number of hydrogen-bond donors (Lipinski definition) is 1. The summed E-state index contributed by atoms with van der Waals surface area (Å²) in [5, 5.41) is 4.77. The molecule has 1 N–H and O–H groups in total. The molecule has 0 unspecified atom stereocenters. The van der Waals surface area contributed by atoms with Crippen LogP contribution in [0.5, 0.6) is 0 Å². The molecular weight excluding hydrogens is 420 g/mol. The first kappa shape index (κ1) is 23.1. The zero-order chi connectivity index (χ0) is 23.9. The highest BCUT2D eigenvalue weighted by molar-refractivity contribution is 5.89. The lowest BCUT2D eigenvalue weighted by atomic mass is 9.72. The summed E-state index contributed by atoms with van der Waals surface area (Å²) >= 11 is 0. The number of pyridine rings is 1. The maximum absolute atomic E-state index is 13.4. The van der Waals surface area contributed by atoms with Crippen LogP contribution in [0.15, 0.2) is 48.9 Å². The van der Waals surface area contributed by atoms with Gasteiger partial charge in [-0.15, -0.1) is 0 Å². The average molecular weight is 459 g/mol. The van der Waals surface area contributed by atoms with E-state index in [-0.39, 0.29) is 17.2 Å². The second-order valence-corrected chi connectivity index (χ2v) is 11.0. The number of piperidine rings is 1. The second kappa shape index (κ2) is 9.18. The molecule has 1 fully saturated rings. The number of aryl methyl sites for hydroxylation is 1. The number of aromatic nitrogens is 2. The molecule has 1 amide bonds. The number of nitrogens with one attached hydrogen (secondary N) is 1. The Morgan fingerprint density at radius 2 is 1.94 bits per heavy atom. The fourth-order valence-corrected chi connectivity index (χ4v) is 6.38. The van der Waals surface area contributed by atoms with Crippen LogP contribution >= 0.6 is 0 Å². The van der Waals surface area contributed by atoms with Gasteiger partial charge in [-0.2, -0.15) is 0 Å². The summed E-state index contributed by atoms with van der Waals surface area (Å²) in [6, 6.07) is 11.4. The van der Waals surface area contributed by atoms with Crippen LogP contribution in [0.4, 0.5) is 0 Å². The van der Waals surface area contributed by atoms with Gasteiger partial charge >= 0.3 is 0 Å². The summed E-state index contributed by atoms with van der Waals surface area (Å²) in [5.41, 5.74) is 5.53. The van der Waals surface area contributed by atoms with E-state index in [1.54, 1.807) is 0 Å². The van der Waals surface area contributed by atoms with Gasteiger partial charge in [-0.1, -0.05) is 32.9 Å². The van der Waals surface area contributed by atoms with Gasteiger partial charge in [0, 0.05) is 61.1 Å². The van der Waals surface area contributed by atoms with Crippen LogP contribution in [0, 0.1) is 11.3 Å². The van der Waals surface area contributed by atoms with Crippen molar-refractivity contribution in [3.05, 3.63) is 65.6 Å². The van der Waals surface area contributed by atoms with Crippen LogP contribution in [-0.2, 0) is 24.2 Å². The van der Waals surface area contributed by atoms with Crippen LogP contribution in [-0.4, -0.2) is 46.0 Å². The largest absolute Gasteiger partial charge is 0.355 e. The van der Waals surface area contributed by atoms with Crippen molar-refractivity contribution in [2.24, 2.45) is 11.3 Å². The van der Waals surface area contributed by atoms with Crippen LogP contribution in [0.2, 0.25) is 0 Å². The summed E-state index contributed by atoms with van der Waals surface area (Å²) in [4.78, 5) is 20.1. The molecule has 0 bridgehead atoms. The van der Waals surface area contributed by atoms with Gasteiger partial charge < -0.3 is 9.88 Å². The zero-order valence-corrected chi connectivity index (χ0v) is 21.1. The van der Waals surface area contributed by atoms with Crippen molar-refractivity contribution in [1.82, 2.24) is 19.8 Å². The fraction of sp³-hybridized carbons (Fsp3) is 0.517. The van der Waals surface area contributed by atoms with Gasteiger partial charge in [-0.3, -0.25) is 14.7 Å². The molecule has 0 saturated carbocycles. The summed E-state index contributed by atoms with van der Waals surface area (Å²) in [6.45, 7) is 12.4. The molecule has 0 spiro atoms. The Morgan fingerprint density at radius 1 is 1.15 bits per heavy atom. The summed E-state index contributed by atoms with van der Waals surface area (Å²) in [6.07, 6.45) is 8.99. The Morgan fingerprint density at radius 3 is 2.68 bits per heavy atom. The van der Waals surface area contributed by atoms with Crippen molar-refractivity contribution in [3.8, 4) is 0 Å². The smallest absolute Gasteiger partial charge is 0.224 e. The van der Waals surface area contributed by atoms with E-state index in [4.69, 9.17) is 0 Å². The lowest BCUT2D eigenvalue weighted by molar-refractivity contribution is -0.128. The second-order valence-electron chi connectivity index (χ2n) is 11.0. The van der Waals surface area contributed by atoms with E-state index in [2.05, 4.69) is 84.0 Å². The molecule has 2 aromatic heterocycles. The van der Waals surface area contributed by atoms with Crippen molar-refractivity contribution in [2.75, 3.05) is 19.6 Å². The Kier molecular flexibility index (Phi) is 6.24. The Labute approximate surface area is 203 Å². The molecule has 180 valence electrons. The van der Waals surface area contributed by atoms with Gasteiger partial charge in [0.2, 0.25) is 5.91 Å². The first-order chi connectivity index (χ1) is 16.4. The fourth-order valence-electron chi connectivity index (χ4n) is 6.38. The molecule has 3 heterocycles. The number of amides is 1. The van der Waals surface area contributed by atoms with E-state index in [0.717, 1.165) is 38.9 Å². The molecule has 3 aromatic rings. The predicted molar refractivity (Wildman–Crippen MR) is 138 cm³/mol. The number of rotatable bonds is 7. The molecule has 5 nitrogen and oxygen atoms in total. The Bertz CT molecular complexity index is 1170. The molecule has 1 aliphatic carbocycles. The number of hydrogen-bond acceptors (Lipinski definition) is 3. The number of carbonyl (C=O) groups excluding carboxylic acids is 1.